The smallest absolute Gasteiger partial charge is 0.0818 e. The lowest BCUT2D eigenvalue weighted by Crippen LogP contribution is -2.16. The van der Waals surface area contributed by atoms with Crippen molar-refractivity contribution in [2.24, 2.45) is 5.92 Å². The first-order valence-electron chi connectivity index (χ1n) is 7.35. The second kappa shape index (κ2) is 6.29. The lowest BCUT2D eigenvalue weighted by atomic mass is 9.89. The number of hydrogen-bond acceptors (Lipinski definition) is 1. The Morgan fingerprint density at radius 1 is 1.20 bits per heavy atom. The first-order chi connectivity index (χ1) is 9.75. The molecule has 1 heterocycles. The lowest BCUT2D eigenvalue weighted by Gasteiger charge is -2.22. The van der Waals surface area contributed by atoms with Crippen molar-refractivity contribution < 1.29 is 0 Å². The van der Waals surface area contributed by atoms with Crippen LogP contribution in [0.15, 0.2) is 30.3 Å². The maximum Gasteiger partial charge on any atom is 0.0818 e. The molecule has 0 N–H and O–H groups in total. The third kappa shape index (κ3) is 2.92. The molecule has 0 atom stereocenters. The van der Waals surface area contributed by atoms with Crippen molar-refractivity contribution in [3.8, 4) is 11.3 Å². The second-order valence-electron chi connectivity index (χ2n) is 5.61. The van der Waals surface area contributed by atoms with Gasteiger partial charge in [-0.25, -0.2) is 0 Å². The zero-order valence-corrected chi connectivity index (χ0v) is 14.0. The summed E-state index contributed by atoms with van der Waals surface area (Å²) in [5.74, 6) is 0.776. The van der Waals surface area contributed by atoms with Crippen LogP contribution < -0.4 is 0 Å². The molecule has 0 spiro atoms. The van der Waals surface area contributed by atoms with Crippen molar-refractivity contribution in [1.82, 2.24) is 9.78 Å². The molecule has 1 aliphatic rings. The van der Waals surface area contributed by atoms with E-state index in [1.807, 2.05) is 0 Å². The minimum atomic E-state index is 0.776. The van der Waals surface area contributed by atoms with Crippen LogP contribution in [0.5, 0.6) is 0 Å². The van der Waals surface area contributed by atoms with Crippen molar-refractivity contribution in [2.45, 2.75) is 39.2 Å². The summed E-state index contributed by atoms with van der Waals surface area (Å²) >= 11 is 2.43. The third-order valence-corrected chi connectivity index (χ3v) is 5.38. The van der Waals surface area contributed by atoms with Crippen LogP contribution in [0, 0.1) is 22.8 Å². The molecule has 1 aromatic carbocycles. The van der Waals surface area contributed by atoms with E-state index in [1.54, 1.807) is 0 Å². The summed E-state index contributed by atoms with van der Waals surface area (Å²) in [6.07, 6.45) is 7.57. The van der Waals surface area contributed by atoms with Gasteiger partial charge in [0.25, 0.3) is 0 Å². The first-order valence-corrected chi connectivity index (χ1v) is 8.43. The summed E-state index contributed by atoms with van der Waals surface area (Å²) in [5.41, 5.74) is 3.71. The van der Waals surface area contributed by atoms with Gasteiger partial charge >= 0.3 is 0 Å². The van der Waals surface area contributed by atoms with Crippen molar-refractivity contribution in [3.05, 3.63) is 46.0 Å². The van der Waals surface area contributed by atoms with E-state index in [0.29, 0.717) is 0 Å². The van der Waals surface area contributed by atoms with Gasteiger partial charge in [-0.05, 0) is 67.5 Å². The van der Waals surface area contributed by atoms with Crippen LogP contribution in [0.1, 0.15) is 31.4 Å². The summed E-state index contributed by atoms with van der Waals surface area (Å²) in [4.78, 5) is 0. The zero-order chi connectivity index (χ0) is 13.9. The average Bonchev–Trinajstić information content (AvgIpc) is 2.76. The highest BCUT2D eigenvalue weighted by atomic mass is 127. The lowest BCUT2D eigenvalue weighted by molar-refractivity contribution is 0.341. The summed E-state index contributed by atoms with van der Waals surface area (Å²) < 4.78 is 3.53. The Morgan fingerprint density at radius 3 is 2.60 bits per heavy atom. The molecule has 0 amide bonds. The molecule has 0 unspecified atom stereocenters. The molecule has 1 saturated carbocycles. The predicted molar refractivity (Wildman–Crippen MR) is 91.4 cm³/mol. The molecule has 2 aromatic rings. The molecule has 1 radical (unpaired) electrons. The Hall–Kier alpha value is -0.840. The topological polar surface area (TPSA) is 17.8 Å². The quantitative estimate of drug-likeness (QED) is 0.697. The van der Waals surface area contributed by atoms with Gasteiger partial charge in [0.05, 0.1) is 15.0 Å². The molecule has 1 aromatic heterocycles. The van der Waals surface area contributed by atoms with Crippen molar-refractivity contribution in [1.29, 1.82) is 0 Å². The fourth-order valence-electron chi connectivity index (χ4n) is 2.99. The Balaban J connectivity index is 1.92. The molecular weight excluding hydrogens is 359 g/mol. The van der Waals surface area contributed by atoms with Gasteiger partial charge in [-0.1, -0.05) is 30.3 Å². The molecule has 0 aliphatic heterocycles. The van der Waals surface area contributed by atoms with E-state index < -0.39 is 0 Å². The van der Waals surface area contributed by atoms with E-state index in [0.717, 1.165) is 18.2 Å². The van der Waals surface area contributed by atoms with E-state index in [1.165, 1.54) is 40.5 Å². The first kappa shape index (κ1) is 14.1. The van der Waals surface area contributed by atoms with Gasteiger partial charge in [-0.3, -0.25) is 4.68 Å². The number of rotatable bonds is 3. The van der Waals surface area contributed by atoms with Gasteiger partial charge in [0.1, 0.15) is 0 Å². The number of aryl methyl sites for hydroxylation is 1. The van der Waals surface area contributed by atoms with Crippen LogP contribution in [0.2, 0.25) is 0 Å². The van der Waals surface area contributed by atoms with E-state index >= 15 is 0 Å². The molecule has 0 bridgehead atoms. The van der Waals surface area contributed by atoms with Gasteiger partial charge in [-0.15, -0.1) is 0 Å². The fourth-order valence-corrected chi connectivity index (χ4v) is 3.68. The van der Waals surface area contributed by atoms with Gasteiger partial charge in [0.15, 0.2) is 0 Å². The van der Waals surface area contributed by atoms with E-state index in [4.69, 9.17) is 5.10 Å². The maximum atomic E-state index is 4.78. The van der Waals surface area contributed by atoms with Gasteiger partial charge in [0, 0.05) is 12.1 Å². The highest BCUT2D eigenvalue weighted by molar-refractivity contribution is 14.1. The molecule has 3 rings (SSSR count). The Labute approximate surface area is 134 Å². The largest absolute Gasteiger partial charge is 0.263 e. The van der Waals surface area contributed by atoms with Crippen molar-refractivity contribution in [3.63, 3.8) is 0 Å². The molecule has 20 heavy (non-hydrogen) atoms. The van der Waals surface area contributed by atoms with Crippen LogP contribution in [-0.2, 0) is 6.54 Å². The number of aromatic nitrogens is 2. The number of benzene rings is 1. The summed E-state index contributed by atoms with van der Waals surface area (Å²) in [6, 6.07) is 10.6. The molecule has 105 valence electrons. The van der Waals surface area contributed by atoms with Gasteiger partial charge in [0.2, 0.25) is 0 Å². The van der Waals surface area contributed by atoms with Crippen molar-refractivity contribution in [2.75, 3.05) is 0 Å². The average molecular weight is 379 g/mol. The second-order valence-corrected chi connectivity index (χ2v) is 6.68. The van der Waals surface area contributed by atoms with E-state index in [9.17, 15) is 0 Å². The highest BCUT2D eigenvalue weighted by Crippen LogP contribution is 2.31. The van der Waals surface area contributed by atoms with Crippen LogP contribution in [0.4, 0.5) is 0 Å². The summed E-state index contributed by atoms with van der Waals surface area (Å²) in [5, 5.41) is 4.78. The van der Waals surface area contributed by atoms with Gasteiger partial charge in [-0.2, -0.15) is 5.10 Å². The zero-order valence-electron chi connectivity index (χ0n) is 11.8. The van der Waals surface area contributed by atoms with E-state index in [-0.39, 0.29) is 0 Å². The summed E-state index contributed by atoms with van der Waals surface area (Å²) in [6.45, 7) is 3.17. The standard InChI is InChI=1S/C17H20IN2/c1-13-16(18)17(15-10-6-3-7-11-15)20(19-13)12-14-8-4-2-5-9-14/h2-3,6-7,10-11,14H,4-5,8-9,12H2,1H3. The molecule has 0 saturated heterocycles. The monoisotopic (exact) mass is 379 g/mol. The Morgan fingerprint density at radius 2 is 1.90 bits per heavy atom. The van der Waals surface area contributed by atoms with Crippen LogP contribution in [0.25, 0.3) is 11.3 Å². The maximum absolute atomic E-state index is 4.78. The third-order valence-electron chi connectivity index (χ3n) is 4.09. The number of nitrogens with zero attached hydrogens (tertiary/aromatic N) is 2. The minimum absolute atomic E-state index is 0.776. The highest BCUT2D eigenvalue weighted by Gasteiger charge is 2.19. The minimum Gasteiger partial charge on any atom is -0.263 e. The van der Waals surface area contributed by atoms with Crippen LogP contribution in [-0.4, -0.2) is 9.78 Å². The molecule has 3 heteroatoms. The Bertz CT molecular complexity index is 568. The van der Waals surface area contributed by atoms with Crippen LogP contribution >= 0.6 is 22.6 Å². The molecule has 1 fully saturated rings. The summed E-state index contributed by atoms with van der Waals surface area (Å²) in [7, 11) is 0. The normalized spacial score (nSPS) is 16.5. The van der Waals surface area contributed by atoms with Crippen LogP contribution in [0.3, 0.4) is 0 Å². The fraction of sp³-hybridized carbons (Fsp3) is 0.412. The predicted octanol–water partition coefficient (Wildman–Crippen LogP) is 4.86. The van der Waals surface area contributed by atoms with Crippen molar-refractivity contribution >= 4 is 22.6 Å². The van der Waals surface area contributed by atoms with E-state index in [2.05, 4.69) is 70.9 Å². The number of halogens is 1. The number of hydrogen-bond donors (Lipinski definition) is 0. The van der Waals surface area contributed by atoms with Gasteiger partial charge < -0.3 is 0 Å². The molecular formula is C17H20IN2. The molecule has 1 aliphatic carbocycles. The molecule has 2 nitrogen and oxygen atoms in total. The SMILES string of the molecule is Cc1nn(CC2CC[CH]CC2)c(-c2ccccc2)c1I. The Kier molecular flexibility index (Phi) is 4.44.